The smallest absolute Gasteiger partial charge is 0.334 e. The van der Waals surface area contributed by atoms with Crippen LogP contribution in [0.1, 0.15) is 5.56 Å². The molecule has 4 nitrogen and oxygen atoms in total. The molecule has 1 saturated heterocycles. The van der Waals surface area contributed by atoms with E-state index in [9.17, 15) is 4.79 Å². The van der Waals surface area contributed by atoms with Gasteiger partial charge in [0.05, 0.1) is 19.2 Å². The fraction of sp³-hybridized carbons (Fsp3) is 0.308. The fourth-order valence-corrected chi connectivity index (χ4v) is 2.36. The second-order valence-corrected chi connectivity index (χ2v) is 4.30. The highest BCUT2D eigenvalue weighted by molar-refractivity contribution is 5.77. The van der Waals surface area contributed by atoms with Crippen LogP contribution in [0.5, 0.6) is 0 Å². The number of rotatable bonds is 1. The van der Waals surface area contributed by atoms with Crippen LogP contribution in [0.25, 0.3) is 6.08 Å². The fourth-order valence-electron chi connectivity index (χ4n) is 2.36. The number of hydrogen-bond donors (Lipinski definition) is 1. The number of carboxylic acid groups (broad SMARTS) is 1. The van der Waals surface area contributed by atoms with Gasteiger partial charge in [0.2, 0.25) is 0 Å². The van der Waals surface area contributed by atoms with Crippen molar-refractivity contribution in [2.75, 3.05) is 18.1 Å². The highest BCUT2D eigenvalue weighted by atomic mass is 16.5. The van der Waals surface area contributed by atoms with Gasteiger partial charge in [0, 0.05) is 5.69 Å². The molecule has 0 spiro atoms. The zero-order chi connectivity index (χ0) is 11.8. The molecule has 1 aromatic rings. The summed E-state index contributed by atoms with van der Waals surface area (Å²) >= 11 is 0. The molecule has 0 radical (unpaired) electrons. The van der Waals surface area contributed by atoms with Crippen LogP contribution in [0.2, 0.25) is 0 Å². The van der Waals surface area contributed by atoms with Gasteiger partial charge in [-0.2, -0.15) is 0 Å². The molecule has 3 rings (SSSR count). The Balaban J connectivity index is 1.94. The van der Waals surface area contributed by atoms with Crippen LogP contribution in [0.4, 0.5) is 5.69 Å². The Hall–Kier alpha value is -1.81. The summed E-state index contributed by atoms with van der Waals surface area (Å²) in [6, 6.07) is 8.17. The van der Waals surface area contributed by atoms with Gasteiger partial charge in [0.25, 0.3) is 0 Å². The molecular weight excluding hydrogens is 218 g/mol. The summed E-state index contributed by atoms with van der Waals surface area (Å²) in [7, 11) is 0. The van der Waals surface area contributed by atoms with E-state index in [4.69, 9.17) is 9.84 Å². The lowest BCUT2D eigenvalue weighted by molar-refractivity contribution is -0.151. The standard InChI is InChI=1S/C13H13NO3/c15-13(16)12-7-14-10(8-17-12)6-5-9-3-1-2-4-11(9)14/h1-6,10,12H,7-8H2,(H,15,16). The van der Waals surface area contributed by atoms with E-state index in [2.05, 4.69) is 17.1 Å². The van der Waals surface area contributed by atoms with Crippen LogP contribution in [0.15, 0.2) is 30.3 Å². The summed E-state index contributed by atoms with van der Waals surface area (Å²) in [5.74, 6) is -0.893. The maximum atomic E-state index is 11.0. The highest BCUT2D eigenvalue weighted by Crippen LogP contribution is 2.31. The van der Waals surface area contributed by atoms with Crippen molar-refractivity contribution < 1.29 is 14.6 Å². The average molecular weight is 231 g/mol. The molecule has 2 atom stereocenters. The lowest BCUT2D eigenvalue weighted by Crippen LogP contribution is -2.52. The molecule has 2 heterocycles. The van der Waals surface area contributed by atoms with Crippen molar-refractivity contribution in [1.82, 2.24) is 0 Å². The van der Waals surface area contributed by atoms with Crippen molar-refractivity contribution in [3.8, 4) is 0 Å². The second-order valence-electron chi connectivity index (χ2n) is 4.30. The lowest BCUT2D eigenvalue weighted by atomic mass is 10.0. The minimum absolute atomic E-state index is 0.153. The Morgan fingerprint density at radius 2 is 2.24 bits per heavy atom. The third-order valence-corrected chi connectivity index (χ3v) is 3.25. The van der Waals surface area contributed by atoms with E-state index in [0.29, 0.717) is 13.2 Å². The van der Waals surface area contributed by atoms with Gasteiger partial charge in [-0.05, 0) is 11.6 Å². The first kappa shape index (κ1) is 10.4. The van der Waals surface area contributed by atoms with Crippen LogP contribution >= 0.6 is 0 Å². The number of aliphatic carboxylic acids is 1. The van der Waals surface area contributed by atoms with E-state index < -0.39 is 12.1 Å². The van der Waals surface area contributed by atoms with E-state index in [1.54, 1.807) is 0 Å². The van der Waals surface area contributed by atoms with E-state index in [1.165, 1.54) is 0 Å². The maximum absolute atomic E-state index is 11.0. The minimum atomic E-state index is -0.893. The van der Waals surface area contributed by atoms with Gasteiger partial charge in [0.15, 0.2) is 6.10 Å². The van der Waals surface area contributed by atoms with Crippen LogP contribution in [0.3, 0.4) is 0 Å². The van der Waals surface area contributed by atoms with Crippen LogP contribution < -0.4 is 4.90 Å². The number of hydrogen-bond acceptors (Lipinski definition) is 3. The monoisotopic (exact) mass is 231 g/mol. The Labute approximate surface area is 99.1 Å². The summed E-state index contributed by atoms with van der Waals surface area (Å²) in [5.41, 5.74) is 2.23. The van der Waals surface area contributed by atoms with Crippen LogP contribution in [-0.4, -0.2) is 36.4 Å². The number of ether oxygens (including phenoxy) is 1. The zero-order valence-corrected chi connectivity index (χ0v) is 9.24. The van der Waals surface area contributed by atoms with E-state index in [0.717, 1.165) is 11.3 Å². The molecule has 0 bridgehead atoms. The SMILES string of the molecule is O=C(O)C1CN2c3ccccc3C=CC2CO1. The van der Waals surface area contributed by atoms with Crippen molar-refractivity contribution in [1.29, 1.82) is 0 Å². The summed E-state index contributed by atoms with van der Waals surface area (Å²) in [4.78, 5) is 13.1. The number of para-hydroxylation sites is 1. The molecule has 0 amide bonds. The Kier molecular flexibility index (Phi) is 2.37. The van der Waals surface area contributed by atoms with Crippen molar-refractivity contribution in [2.24, 2.45) is 0 Å². The first-order valence-corrected chi connectivity index (χ1v) is 5.64. The summed E-state index contributed by atoms with van der Waals surface area (Å²) < 4.78 is 5.33. The van der Waals surface area contributed by atoms with E-state index in [-0.39, 0.29) is 6.04 Å². The van der Waals surface area contributed by atoms with E-state index in [1.807, 2.05) is 24.3 Å². The van der Waals surface area contributed by atoms with Gasteiger partial charge in [-0.25, -0.2) is 4.79 Å². The van der Waals surface area contributed by atoms with Crippen LogP contribution in [0, 0.1) is 0 Å². The number of morpholine rings is 1. The number of carbonyl (C=O) groups is 1. The predicted octanol–water partition coefficient (Wildman–Crippen LogP) is 1.37. The quantitative estimate of drug-likeness (QED) is 0.793. The predicted molar refractivity (Wildman–Crippen MR) is 64.0 cm³/mol. The number of anilines is 1. The van der Waals surface area contributed by atoms with Gasteiger partial charge in [-0.3, -0.25) is 0 Å². The second kappa shape index (κ2) is 3.89. The molecule has 2 aliphatic heterocycles. The summed E-state index contributed by atoms with van der Waals surface area (Å²) in [6.45, 7) is 0.836. The normalized spacial score (nSPS) is 26.2. The van der Waals surface area contributed by atoms with Crippen molar-refractivity contribution in [3.63, 3.8) is 0 Å². The molecule has 4 heteroatoms. The minimum Gasteiger partial charge on any atom is -0.479 e. The Morgan fingerprint density at radius 3 is 3.06 bits per heavy atom. The zero-order valence-electron chi connectivity index (χ0n) is 9.24. The van der Waals surface area contributed by atoms with Gasteiger partial charge in [-0.1, -0.05) is 30.4 Å². The number of nitrogens with zero attached hydrogens (tertiary/aromatic N) is 1. The molecule has 17 heavy (non-hydrogen) atoms. The molecule has 0 saturated carbocycles. The average Bonchev–Trinajstić information content (AvgIpc) is 2.38. The summed E-state index contributed by atoms with van der Waals surface area (Å²) in [6.07, 6.45) is 3.41. The molecule has 1 fully saturated rings. The Morgan fingerprint density at radius 1 is 1.41 bits per heavy atom. The lowest BCUT2D eigenvalue weighted by Gasteiger charge is -2.41. The molecule has 2 aliphatic rings. The van der Waals surface area contributed by atoms with Crippen molar-refractivity contribution in [2.45, 2.75) is 12.1 Å². The number of carboxylic acids is 1. The molecule has 2 unspecified atom stereocenters. The Bertz CT molecular complexity index is 483. The van der Waals surface area contributed by atoms with Gasteiger partial charge in [-0.15, -0.1) is 0 Å². The number of fused-ring (bicyclic) bond motifs is 3. The third-order valence-electron chi connectivity index (χ3n) is 3.25. The van der Waals surface area contributed by atoms with Crippen molar-refractivity contribution in [3.05, 3.63) is 35.9 Å². The highest BCUT2D eigenvalue weighted by Gasteiger charge is 2.33. The maximum Gasteiger partial charge on any atom is 0.334 e. The number of benzene rings is 1. The molecule has 0 aliphatic carbocycles. The molecule has 1 aromatic carbocycles. The van der Waals surface area contributed by atoms with Crippen molar-refractivity contribution >= 4 is 17.7 Å². The summed E-state index contributed by atoms with van der Waals surface area (Å²) in [5, 5.41) is 9.01. The molecule has 0 aromatic heterocycles. The van der Waals surface area contributed by atoms with Gasteiger partial charge in [0.1, 0.15) is 0 Å². The van der Waals surface area contributed by atoms with E-state index >= 15 is 0 Å². The first-order chi connectivity index (χ1) is 8.25. The largest absolute Gasteiger partial charge is 0.479 e. The third kappa shape index (κ3) is 1.70. The molecule has 88 valence electrons. The van der Waals surface area contributed by atoms with Crippen LogP contribution in [-0.2, 0) is 9.53 Å². The van der Waals surface area contributed by atoms with Gasteiger partial charge >= 0.3 is 5.97 Å². The first-order valence-electron chi connectivity index (χ1n) is 5.64. The molecular formula is C13H13NO3. The molecule has 1 N–H and O–H groups in total. The topological polar surface area (TPSA) is 49.8 Å². The van der Waals surface area contributed by atoms with Gasteiger partial charge < -0.3 is 14.7 Å².